The van der Waals surface area contributed by atoms with Crippen LogP contribution in [0.3, 0.4) is 0 Å². The maximum atomic E-state index is 10.4. The molecular formula is C13H20N2O2. The third-order valence-electron chi connectivity index (χ3n) is 3.22. The van der Waals surface area contributed by atoms with Crippen LogP contribution < -0.4 is 4.90 Å². The van der Waals surface area contributed by atoms with E-state index in [1.807, 2.05) is 37.1 Å². The first-order valence-corrected chi connectivity index (χ1v) is 6.04. The number of anilines is 1. The SMILES string of the molecule is Cc1cccc(N(C)CC2(O)CCOCC2)n1. The lowest BCUT2D eigenvalue weighted by Crippen LogP contribution is -2.46. The third-order valence-corrected chi connectivity index (χ3v) is 3.22. The molecule has 0 bridgehead atoms. The fraction of sp³-hybridized carbons (Fsp3) is 0.615. The minimum atomic E-state index is -0.640. The highest BCUT2D eigenvalue weighted by molar-refractivity contribution is 5.38. The number of ether oxygens (including phenoxy) is 1. The molecule has 1 saturated heterocycles. The summed E-state index contributed by atoms with van der Waals surface area (Å²) in [5.41, 5.74) is 0.353. The van der Waals surface area contributed by atoms with Gasteiger partial charge in [0.05, 0.1) is 5.60 Å². The van der Waals surface area contributed by atoms with Crippen molar-refractivity contribution in [3.63, 3.8) is 0 Å². The van der Waals surface area contributed by atoms with Crippen LogP contribution in [0.2, 0.25) is 0 Å². The number of aromatic nitrogens is 1. The first kappa shape index (κ1) is 12.3. The van der Waals surface area contributed by atoms with E-state index in [2.05, 4.69) is 4.98 Å². The predicted molar refractivity (Wildman–Crippen MR) is 67.2 cm³/mol. The zero-order valence-corrected chi connectivity index (χ0v) is 10.5. The van der Waals surface area contributed by atoms with Crippen LogP contribution in [0.25, 0.3) is 0 Å². The lowest BCUT2D eigenvalue weighted by Gasteiger charge is -2.35. The van der Waals surface area contributed by atoms with Gasteiger partial charge in [0.15, 0.2) is 0 Å². The van der Waals surface area contributed by atoms with Gasteiger partial charge >= 0.3 is 0 Å². The second kappa shape index (κ2) is 5.02. The Hall–Kier alpha value is -1.13. The summed E-state index contributed by atoms with van der Waals surface area (Å²) in [4.78, 5) is 6.47. The molecule has 2 rings (SSSR count). The number of hydrogen-bond acceptors (Lipinski definition) is 4. The second-order valence-electron chi connectivity index (χ2n) is 4.83. The first-order chi connectivity index (χ1) is 8.09. The zero-order valence-electron chi connectivity index (χ0n) is 10.5. The van der Waals surface area contributed by atoms with Crippen molar-refractivity contribution < 1.29 is 9.84 Å². The number of pyridine rings is 1. The van der Waals surface area contributed by atoms with Gasteiger partial charge in [0.1, 0.15) is 5.82 Å². The van der Waals surface area contributed by atoms with Crippen LogP contribution >= 0.6 is 0 Å². The van der Waals surface area contributed by atoms with E-state index in [0.29, 0.717) is 32.6 Å². The topological polar surface area (TPSA) is 45.6 Å². The molecule has 17 heavy (non-hydrogen) atoms. The molecule has 1 aromatic rings. The predicted octanol–water partition coefficient (Wildman–Crippen LogP) is 1.37. The molecule has 1 aliphatic rings. The van der Waals surface area contributed by atoms with Gasteiger partial charge in [0.25, 0.3) is 0 Å². The van der Waals surface area contributed by atoms with Gasteiger partial charge in [-0.1, -0.05) is 6.07 Å². The number of rotatable bonds is 3. The highest BCUT2D eigenvalue weighted by Gasteiger charge is 2.31. The molecule has 1 N–H and O–H groups in total. The van der Waals surface area contributed by atoms with Gasteiger partial charge in [-0.15, -0.1) is 0 Å². The maximum Gasteiger partial charge on any atom is 0.128 e. The van der Waals surface area contributed by atoms with Gasteiger partial charge in [-0.2, -0.15) is 0 Å². The fourth-order valence-electron chi connectivity index (χ4n) is 2.17. The fourth-order valence-corrected chi connectivity index (χ4v) is 2.17. The van der Waals surface area contributed by atoms with E-state index in [0.717, 1.165) is 11.5 Å². The van der Waals surface area contributed by atoms with Crippen molar-refractivity contribution in [3.8, 4) is 0 Å². The van der Waals surface area contributed by atoms with Gasteiger partial charge in [-0.25, -0.2) is 4.98 Å². The monoisotopic (exact) mass is 236 g/mol. The van der Waals surface area contributed by atoms with Crippen molar-refractivity contribution in [3.05, 3.63) is 23.9 Å². The van der Waals surface area contributed by atoms with Crippen molar-refractivity contribution in [1.29, 1.82) is 0 Å². The summed E-state index contributed by atoms with van der Waals surface area (Å²) in [6, 6.07) is 5.93. The van der Waals surface area contributed by atoms with E-state index in [1.54, 1.807) is 0 Å². The highest BCUT2D eigenvalue weighted by atomic mass is 16.5. The largest absolute Gasteiger partial charge is 0.388 e. The molecule has 0 saturated carbocycles. The van der Waals surface area contributed by atoms with Gasteiger partial charge in [0.2, 0.25) is 0 Å². The van der Waals surface area contributed by atoms with E-state index in [-0.39, 0.29) is 0 Å². The minimum absolute atomic E-state index is 0.604. The standard InChI is InChI=1S/C13H20N2O2/c1-11-4-3-5-12(14-11)15(2)10-13(16)6-8-17-9-7-13/h3-5,16H,6-10H2,1-2H3. The lowest BCUT2D eigenvalue weighted by molar-refractivity contribution is -0.0573. The Bertz CT molecular complexity index is 375. The smallest absolute Gasteiger partial charge is 0.128 e. The van der Waals surface area contributed by atoms with Crippen molar-refractivity contribution in [2.24, 2.45) is 0 Å². The molecule has 0 radical (unpaired) electrons. The van der Waals surface area contributed by atoms with Crippen LogP contribution in [0, 0.1) is 6.92 Å². The summed E-state index contributed by atoms with van der Waals surface area (Å²) in [7, 11) is 1.97. The van der Waals surface area contributed by atoms with E-state index in [1.165, 1.54) is 0 Å². The number of likely N-dealkylation sites (N-methyl/N-ethyl adjacent to an activating group) is 1. The Morgan fingerprint density at radius 3 is 2.76 bits per heavy atom. The minimum Gasteiger partial charge on any atom is -0.388 e. The lowest BCUT2D eigenvalue weighted by atomic mass is 9.94. The summed E-state index contributed by atoms with van der Waals surface area (Å²) < 4.78 is 5.28. The van der Waals surface area contributed by atoms with Crippen LogP contribution in [0.15, 0.2) is 18.2 Å². The normalized spacial score (nSPS) is 19.0. The zero-order chi connectivity index (χ0) is 12.3. The van der Waals surface area contributed by atoms with Gasteiger partial charge < -0.3 is 14.7 Å². The molecule has 1 fully saturated rings. The van der Waals surface area contributed by atoms with Crippen LogP contribution in [0.1, 0.15) is 18.5 Å². The van der Waals surface area contributed by atoms with E-state index >= 15 is 0 Å². The van der Waals surface area contributed by atoms with Crippen molar-refractivity contribution in [2.45, 2.75) is 25.4 Å². The van der Waals surface area contributed by atoms with Crippen LogP contribution in [-0.2, 0) is 4.74 Å². The summed E-state index contributed by atoms with van der Waals surface area (Å²) in [6.07, 6.45) is 1.40. The maximum absolute atomic E-state index is 10.4. The Morgan fingerprint density at radius 1 is 1.41 bits per heavy atom. The van der Waals surface area contributed by atoms with E-state index < -0.39 is 5.60 Å². The molecule has 0 atom stereocenters. The average Bonchev–Trinajstić information content (AvgIpc) is 2.29. The van der Waals surface area contributed by atoms with Crippen LogP contribution in [0.4, 0.5) is 5.82 Å². The molecule has 0 aliphatic carbocycles. The van der Waals surface area contributed by atoms with Crippen LogP contribution in [0.5, 0.6) is 0 Å². The van der Waals surface area contributed by atoms with E-state index in [4.69, 9.17) is 4.74 Å². The van der Waals surface area contributed by atoms with Gasteiger partial charge in [0, 0.05) is 45.3 Å². The summed E-state index contributed by atoms with van der Waals surface area (Å²) in [5, 5.41) is 10.4. The molecule has 0 amide bonds. The molecule has 94 valence electrons. The van der Waals surface area contributed by atoms with E-state index in [9.17, 15) is 5.11 Å². The molecule has 2 heterocycles. The van der Waals surface area contributed by atoms with Crippen LogP contribution in [-0.4, -0.2) is 42.5 Å². The van der Waals surface area contributed by atoms with Crippen molar-refractivity contribution >= 4 is 5.82 Å². The summed E-state index contributed by atoms with van der Waals surface area (Å²) in [5.74, 6) is 0.907. The Kier molecular flexibility index (Phi) is 3.64. The van der Waals surface area contributed by atoms with Gasteiger partial charge in [-0.05, 0) is 19.1 Å². The van der Waals surface area contributed by atoms with Crippen molar-refractivity contribution in [1.82, 2.24) is 4.98 Å². The molecule has 0 aromatic carbocycles. The summed E-state index contributed by atoms with van der Waals surface area (Å²) >= 11 is 0. The average molecular weight is 236 g/mol. The molecule has 1 aliphatic heterocycles. The molecule has 1 aromatic heterocycles. The second-order valence-corrected chi connectivity index (χ2v) is 4.83. The Labute approximate surface area is 102 Å². The Balaban J connectivity index is 2.03. The van der Waals surface area contributed by atoms with Gasteiger partial charge in [-0.3, -0.25) is 0 Å². The molecule has 0 spiro atoms. The number of nitrogens with zero attached hydrogens (tertiary/aromatic N) is 2. The molecular weight excluding hydrogens is 216 g/mol. The molecule has 4 heteroatoms. The number of hydrogen-bond donors (Lipinski definition) is 1. The quantitative estimate of drug-likeness (QED) is 0.861. The third kappa shape index (κ3) is 3.17. The first-order valence-electron chi connectivity index (χ1n) is 6.04. The van der Waals surface area contributed by atoms with Crippen molar-refractivity contribution in [2.75, 3.05) is 31.7 Å². The number of aryl methyl sites for hydroxylation is 1. The summed E-state index contributed by atoms with van der Waals surface area (Å²) in [6.45, 7) is 3.87. The Morgan fingerprint density at radius 2 is 2.12 bits per heavy atom. The molecule has 4 nitrogen and oxygen atoms in total. The number of aliphatic hydroxyl groups is 1. The highest BCUT2D eigenvalue weighted by Crippen LogP contribution is 2.23. The molecule has 0 unspecified atom stereocenters.